The van der Waals surface area contributed by atoms with E-state index in [2.05, 4.69) is 10.3 Å². The van der Waals surface area contributed by atoms with Gasteiger partial charge in [-0.1, -0.05) is 0 Å². The van der Waals surface area contributed by atoms with E-state index >= 15 is 0 Å². The Morgan fingerprint density at radius 3 is 2.90 bits per heavy atom. The second-order valence-corrected chi connectivity index (χ2v) is 5.34. The lowest BCUT2D eigenvalue weighted by Crippen LogP contribution is -2.38. The van der Waals surface area contributed by atoms with Gasteiger partial charge in [-0.3, -0.25) is 0 Å². The van der Waals surface area contributed by atoms with Crippen LogP contribution in [0.25, 0.3) is 10.8 Å². The first-order chi connectivity index (χ1) is 9.80. The second-order valence-electron chi connectivity index (χ2n) is 5.34. The Hall–Kier alpha value is -1.81. The number of benzene rings is 1. The molecule has 1 aliphatic carbocycles. The molecule has 0 radical (unpaired) electrons. The van der Waals surface area contributed by atoms with E-state index in [4.69, 9.17) is 9.47 Å². The number of rotatable bonds is 5. The van der Waals surface area contributed by atoms with Crippen LogP contribution < -0.4 is 14.8 Å². The quantitative estimate of drug-likeness (QED) is 0.908. The lowest BCUT2D eigenvalue weighted by molar-refractivity contribution is 0.0632. The molecular formula is C16H20N2O2. The number of ether oxygens (including phenoxy) is 2. The van der Waals surface area contributed by atoms with Gasteiger partial charge in [0, 0.05) is 11.6 Å². The summed E-state index contributed by atoms with van der Waals surface area (Å²) in [5.41, 5.74) is 0. The van der Waals surface area contributed by atoms with Gasteiger partial charge in [0.25, 0.3) is 0 Å². The van der Waals surface area contributed by atoms with Crippen LogP contribution in [0.15, 0.2) is 30.5 Å². The zero-order valence-electron chi connectivity index (χ0n) is 11.9. The minimum atomic E-state index is 0.300. The van der Waals surface area contributed by atoms with Crippen LogP contribution in [0.4, 0.5) is 0 Å². The lowest BCUT2D eigenvalue weighted by atomic mass is 9.82. The fourth-order valence-corrected chi connectivity index (χ4v) is 2.73. The molecule has 0 aliphatic heterocycles. The average molecular weight is 272 g/mol. The van der Waals surface area contributed by atoms with Crippen LogP contribution >= 0.6 is 0 Å². The standard InChI is InChI=1S/C16H20N2O2/c1-17-10-11-7-14(8-11)20-16-15-4-3-13(19-2)9-12(15)5-6-18-16/h3-6,9,11,14,17H,7-8,10H2,1-2H3. The van der Waals surface area contributed by atoms with Crippen molar-refractivity contribution in [1.29, 1.82) is 0 Å². The molecule has 0 atom stereocenters. The number of hydrogen-bond donors (Lipinski definition) is 1. The third kappa shape index (κ3) is 2.56. The number of methoxy groups -OCH3 is 1. The molecule has 106 valence electrons. The normalized spacial score (nSPS) is 21.5. The number of fused-ring (bicyclic) bond motifs is 1. The van der Waals surface area contributed by atoms with Gasteiger partial charge in [0.05, 0.1) is 7.11 Å². The molecule has 1 aromatic heterocycles. The molecule has 0 bridgehead atoms. The number of pyridine rings is 1. The van der Waals surface area contributed by atoms with Crippen LogP contribution in [0, 0.1) is 5.92 Å². The average Bonchev–Trinajstić information content (AvgIpc) is 2.44. The van der Waals surface area contributed by atoms with Crippen LogP contribution in [0.5, 0.6) is 11.6 Å². The van der Waals surface area contributed by atoms with E-state index in [9.17, 15) is 0 Å². The van der Waals surface area contributed by atoms with E-state index in [0.717, 1.165) is 47.7 Å². The molecule has 0 amide bonds. The summed E-state index contributed by atoms with van der Waals surface area (Å²) in [7, 11) is 3.67. The first-order valence-corrected chi connectivity index (χ1v) is 7.04. The molecule has 4 heteroatoms. The predicted octanol–water partition coefficient (Wildman–Crippen LogP) is 2.62. The fourth-order valence-electron chi connectivity index (χ4n) is 2.73. The van der Waals surface area contributed by atoms with E-state index in [0.29, 0.717) is 6.10 Å². The maximum absolute atomic E-state index is 6.03. The Balaban J connectivity index is 1.75. The predicted molar refractivity (Wildman–Crippen MR) is 79.4 cm³/mol. The largest absolute Gasteiger partial charge is 0.497 e. The van der Waals surface area contributed by atoms with Gasteiger partial charge in [0.15, 0.2) is 0 Å². The summed E-state index contributed by atoms with van der Waals surface area (Å²) in [6.45, 7) is 1.07. The molecule has 0 unspecified atom stereocenters. The monoisotopic (exact) mass is 272 g/mol. The van der Waals surface area contributed by atoms with Crippen LogP contribution in [-0.4, -0.2) is 31.8 Å². The summed E-state index contributed by atoms with van der Waals surface area (Å²) >= 11 is 0. The molecule has 20 heavy (non-hydrogen) atoms. The van der Waals surface area contributed by atoms with Gasteiger partial charge in [0.1, 0.15) is 11.9 Å². The van der Waals surface area contributed by atoms with E-state index in [-0.39, 0.29) is 0 Å². The van der Waals surface area contributed by atoms with Gasteiger partial charge >= 0.3 is 0 Å². The number of nitrogens with one attached hydrogen (secondary N) is 1. The summed E-state index contributed by atoms with van der Waals surface area (Å²) in [5.74, 6) is 2.32. The summed E-state index contributed by atoms with van der Waals surface area (Å²) in [5, 5.41) is 5.36. The van der Waals surface area contributed by atoms with Crippen molar-refractivity contribution in [2.24, 2.45) is 5.92 Å². The van der Waals surface area contributed by atoms with Gasteiger partial charge in [-0.15, -0.1) is 0 Å². The Bertz CT molecular complexity index is 594. The fraction of sp³-hybridized carbons (Fsp3) is 0.438. The molecule has 3 rings (SSSR count). The Labute approximate surface area is 119 Å². The van der Waals surface area contributed by atoms with Crippen LogP contribution in [-0.2, 0) is 0 Å². The highest BCUT2D eigenvalue weighted by Crippen LogP contribution is 2.33. The Morgan fingerprint density at radius 1 is 1.30 bits per heavy atom. The molecule has 4 nitrogen and oxygen atoms in total. The van der Waals surface area contributed by atoms with Gasteiger partial charge in [-0.05, 0) is 62.0 Å². The summed E-state index contributed by atoms with van der Waals surface area (Å²) in [6.07, 6.45) is 4.30. The van der Waals surface area contributed by atoms with Gasteiger partial charge in [-0.2, -0.15) is 0 Å². The zero-order chi connectivity index (χ0) is 13.9. The van der Waals surface area contributed by atoms with Crippen molar-refractivity contribution >= 4 is 10.8 Å². The molecule has 2 aromatic rings. The first-order valence-electron chi connectivity index (χ1n) is 7.04. The minimum absolute atomic E-state index is 0.300. The van der Waals surface area contributed by atoms with E-state index < -0.39 is 0 Å². The maximum atomic E-state index is 6.03. The van der Waals surface area contributed by atoms with Crippen LogP contribution in [0.1, 0.15) is 12.8 Å². The molecule has 1 heterocycles. The highest BCUT2D eigenvalue weighted by atomic mass is 16.5. The number of hydrogen-bond acceptors (Lipinski definition) is 4. The molecule has 0 saturated heterocycles. The number of aromatic nitrogens is 1. The molecule has 1 fully saturated rings. The zero-order valence-corrected chi connectivity index (χ0v) is 11.9. The Kier molecular flexibility index (Phi) is 3.74. The van der Waals surface area contributed by atoms with Crippen molar-refractivity contribution in [2.75, 3.05) is 20.7 Å². The maximum Gasteiger partial charge on any atom is 0.221 e. The summed E-state index contributed by atoms with van der Waals surface area (Å²) in [6, 6.07) is 7.95. The van der Waals surface area contributed by atoms with Gasteiger partial charge < -0.3 is 14.8 Å². The minimum Gasteiger partial charge on any atom is -0.497 e. The topological polar surface area (TPSA) is 43.4 Å². The number of nitrogens with zero attached hydrogens (tertiary/aromatic N) is 1. The summed E-state index contributed by atoms with van der Waals surface area (Å²) < 4.78 is 11.3. The molecule has 1 aliphatic rings. The summed E-state index contributed by atoms with van der Waals surface area (Å²) in [4.78, 5) is 4.38. The van der Waals surface area contributed by atoms with Crippen molar-refractivity contribution in [3.63, 3.8) is 0 Å². The molecule has 1 N–H and O–H groups in total. The highest BCUT2D eigenvalue weighted by molar-refractivity contribution is 5.87. The second kappa shape index (κ2) is 5.67. The van der Waals surface area contributed by atoms with Crippen molar-refractivity contribution in [1.82, 2.24) is 10.3 Å². The molecule has 0 spiro atoms. The van der Waals surface area contributed by atoms with Crippen LogP contribution in [0.2, 0.25) is 0 Å². The SMILES string of the molecule is CNCC1CC(Oc2nccc3cc(OC)ccc23)C1. The van der Waals surface area contributed by atoms with Crippen molar-refractivity contribution in [2.45, 2.75) is 18.9 Å². The Morgan fingerprint density at radius 2 is 2.15 bits per heavy atom. The molecular weight excluding hydrogens is 252 g/mol. The van der Waals surface area contributed by atoms with Gasteiger partial charge in [-0.25, -0.2) is 4.98 Å². The lowest BCUT2D eigenvalue weighted by Gasteiger charge is -2.35. The smallest absolute Gasteiger partial charge is 0.221 e. The third-order valence-corrected chi connectivity index (χ3v) is 3.90. The van der Waals surface area contributed by atoms with Gasteiger partial charge in [0.2, 0.25) is 5.88 Å². The van der Waals surface area contributed by atoms with Crippen LogP contribution in [0.3, 0.4) is 0 Å². The van der Waals surface area contributed by atoms with E-state index in [1.54, 1.807) is 13.3 Å². The van der Waals surface area contributed by atoms with Crippen molar-refractivity contribution in [3.8, 4) is 11.6 Å². The molecule has 1 aromatic carbocycles. The van der Waals surface area contributed by atoms with E-state index in [1.807, 2.05) is 31.3 Å². The highest BCUT2D eigenvalue weighted by Gasteiger charge is 2.30. The molecule has 1 saturated carbocycles. The van der Waals surface area contributed by atoms with Crippen molar-refractivity contribution in [3.05, 3.63) is 30.5 Å². The first kappa shape index (κ1) is 13.2. The van der Waals surface area contributed by atoms with E-state index in [1.165, 1.54) is 0 Å². The third-order valence-electron chi connectivity index (χ3n) is 3.90. The van der Waals surface area contributed by atoms with Crippen molar-refractivity contribution < 1.29 is 9.47 Å².